The van der Waals surface area contributed by atoms with E-state index in [0.717, 1.165) is 17.7 Å². The molecule has 3 rings (SSSR count). The summed E-state index contributed by atoms with van der Waals surface area (Å²) in [5, 5.41) is 1.99. The summed E-state index contributed by atoms with van der Waals surface area (Å²) in [5.74, 6) is -0.208. The second-order valence-electron chi connectivity index (χ2n) is 9.05. The van der Waals surface area contributed by atoms with Crippen LogP contribution >= 0.6 is 0 Å². The summed E-state index contributed by atoms with van der Waals surface area (Å²) in [7, 11) is -5.56. The SMILES string of the molecule is CCCN1NC(C(C)C)C(C(=O)OCC)=C1Cc1ccc(-c2ccccc2NS(=O)(=O)C(F)(F)F)cc1. The van der Waals surface area contributed by atoms with Crippen LogP contribution in [0.15, 0.2) is 59.8 Å². The maximum absolute atomic E-state index is 12.9. The van der Waals surface area contributed by atoms with Gasteiger partial charge < -0.3 is 9.75 Å². The predicted octanol–water partition coefficient (Wildman–Crippen LogP) is 5.23. The molecule has 202 valence electrons. The molecular formula is C26H32F3N3O4S. The Hall–Kier alpha value is -3.05. The minimum absolute atomic E-state index is 0.149. The molecule has 1 aliphatic rings. The highest BCUT2D eigenvalue weighted by atomic mass is 32.2. The fourth-order valence-electron chi connectivity index (χ4n) is 4.21. The van der Waals surface area contributed by atoms with Crippen molar-refractivity contribution in [3.8, 4) is 11.1 Å². The van der Waals surface area contributed by atoms with Crippen molar-refractivity contribution in [2.45, 2.75) is 52.1 Å². The van der Waals surface area contributed by atoms with Crippen LogP contribution in [0.3, 0.4) is 0 Å². The minimum atomic E-state index is -5.56. The summed E-state index contributed by atoms with van der Waals surface area (Å²) in [6, 6.07) is 12.8. The fraction of sp³-hybridized carbons (Fsp3) is 0.423. The number of anilines is 1. The lowest BCUT2D eigenvalue weighted by molar-refractivity contribution is -0.139. The number of ether oxygens (including phenoxy) is 1. The monoisotopic (exact) mass is 539 g/mol. The number of hydrazine groups is 1. The van der Waals surface area contributed by atoms with Crippen LogP contribution in [0.4, 0.5) is 18.9 Å². The van der Waals surface area contributed by atoms with Gasteiger partial charge >= 0.3 is 21.5 Å². The van der Waals surface area contributed by atoms with E-state index in [-0.39, 0.29) is 30.2 Å². The van der Waals surface area contributed by atoms with Crippen LogP contribution in [0.25, 0.3) is 11.1 Å². The molecule has 37 heavy (non-hydrogen) atoms. The zero-order valence-corrected chi connectivity index (χ0v) is 22.0. The van der Waals surface area contributed by atoms with Crippen molar-refractivity contribution in [2.24, 2.45) is 5.92 Å². The van der Waals surface area contributed by atoms with E-state index in [1.807, 2.05) is 37.9 Å². The first-order valence-corrected chi connectivity index (χ1v) is 13.6. The highest BCUT2D eigenvalue weighted by molar-refractivity contribution is 7.93. The topological polar surface area (TPSA) is 87.7 Å². The molecule has 11 heteroatoms. The molecule has 0 bridgehead atoms. The van der Waals surface area contributed by atoms with E-state index in [1.54, 1.807) is 35.9 Å². The third-order valence-corrected chi connectivity index (χ3v) is 7.06. The van der Waals surface area contributed by atoms with Crippen molar-refractivity contribution in [1.29, 1.82) is 0 Å². The Balaban J connectivity index is 1.94. The summed E-state index contributed by atoms with van der Waals surface area (Å²) >= 11 is 0. The molecule has 0 amide bonds. The van der Waals surface area contributed by atoms with E-state index in [4.69, 9.17) is 4.74 Å². The zero-order valence-electron chi connectivity index (χ0n) is 21.2. The lowest BCUT2D eigenvalue weighted by atomic mass is 9.94. The van der Waals surface area contributed by atoms with Crippen LogP contribution in [-0.4, -0.2) is 44.1 Å². The summed E-state index contributed by atoms with van der Waals surface area (Å²) < 4.78 is 69.0. The average molecular weight is 540 g/mol. The Morgan fingerprint density at radius 3 is 2.32 bits per heavy atom. The van der Waals surface area contributed by atoms with E-state index >= 15 is 0 Å². The summed E-state index contributed by atoms with van der Waals surface area (Å²) in [6.45, 7) is 8.84. The molecule has 0 aliphatic carbocycles. The first kappa shape index (κ1) is 28.5. The van der Waals surface area contributed by atoms with Gasteiger partial charge in [-0.2, -0.15) is 21.6 Å². The summed E-state index contributed by atoms with van der Waals surface area (Å²) in [5.41, 5.74) is 0.978. The third-order valence-electron chi connectivity index (χ3n) is 5.96. The van der Waals surface area contributed by atoms with Crippen LogP contribution in [0, 0.1) is 5.92 Å². The molecule has 1 aliphatic heterocycles. The number of para-hydroxylation sites is 1. The highest BCUT2D eigenvalue weighted by Crippen LogP contribution is 2.33. The van der Waals surface area contributed by atoms with Gasteiger partial charge in [0.2, 0.25) is 0 Å². The molecule has 7 nitrogen and oxygen atoms in total. The molecule has 2 aromatic rings. The number of sulfonamides is 1. The van der Waals surface area contributed by atoms with Gasteiger partial charge in [-0.1, -0.05) is 63.2 Å². The molecule has 0 saturated carbocycles. The number of esters is 1. The molecule has 0 radical (unpaired) electrons. The minimum Gasteiger partial charge on any atom is -0.463 e. The largest absolute Gasteiger partial charge is 0.516 e. The maximum atomic E-state index is 12.9. The van der Waals surface area contributed by atoms with Crippen LogP contribution in [0.1, 0.15) is 39.7 Å². The fourth-order valence-corrected chi connectivity index (χ4v) is 4.79. The van der Waals surface area contributed by atoms with Gasteiger partial charge in [-0.3, -0.25) is 4.72 Å². The number of alkyl halides is 3. The van der Waals surface area contributed by atoms with Gasteiger partial charge in [0.25, 0.3) is 0 Å². The molecular weight excluding hydrogens is 507 g/mol. The molecule has 0 aromatic heterocycles. The molecule has 1 atom stereocenters. The van der Waals surface area contributed by atoms with Crippen LogP contribution in [0.5, 0.6) is 0 Å². The highest BCUT2D eigenvalue weighted by Gasteiger charge is 2.46. The Bertz CT molecular complexity index is 1240. The normalized spacial score (nSPS) is 16.4. The van der Waals surface area contributed by atoms with E-state index < -0.39 is 15.5 Å². The third kappa shape index (κ3) is 6.45. The number of carbonyl (C=O) groups excluding carboxylic acids is 1. The van der Waals surface area contributed by atoms with Crippen LogP contribution in [-0.2, 0) is 26.0 Å². The molecule has 0 saturated heterocycles. The summed E-state index contributed by atoms with van der Waals surface area (Å²) in [4.78, 5) is 12.9. The lowest BCUT2D eigenvalue weighted by Gasteiger charge is -2.24. The number of carbonyl (C=O) groups is 1. The van der Waals surface area contributed by atoms with Gasteiger partial charge in [-0.15, -0.1) is 0 Å². The maximum Gasteiger partial charge on any atom is 0.516 e. The van der Waals surface area contributed by atoms with Crippen molar-refractivity contribution in [2.75, 3.05) is 17.9 Å². The Labute approximate surface area is 215 Å². The second kappa shape index (κ2) is 11.6. The van der Waals surface area contributed by atoms with Gasteiger partial charge in [0.1, 0.15) is 0 Å². The molecule has 1 heterocycles. The lowest BCUT2D eigenvalue weighted by Crippen LogP contribution is -2.41. The van der Waals surface area contributed by atoms with Crippen molar-refractivity contribution in [1.82, 2.24) is 10.4 Å². The molecule has 1 unspecified atom stereocenters. The number of halogens is 3. The van der Waals surface area contributed by atoms with E-state index in [0.29, 0.717) is 29.7 Å². The van der Waals surface area contributed by atoms with Crippen LogP contribution in [0.2, 0.25) is 0 Å². The Kier molecular flexibility index (Phi) is 8.91. The van der Waals surface area contributed by atoms with E-state index in [1.165, 1.54) is 12.1 Å². The zero-order chi connectivity index (χ0) is 27.4. The number of rotatable bonds is 10. The van der Waals surface area contributed by atoms with Gasteiger partial charge in [-0.25, -0.2) is 10.2 Å². The number of nitrogens with zero attached hydrogens (tertiary/aromatic N) is 1. The second-order valence-corrected chi connectivity index (χ2v) is 10.7. The van der Waals surface area contributed by atoms with Gasteiger partial charge in [0.15, 0.2) is 0 Å². The number of nitrogens with one attached hydrogen (secondary N) is 2. The molecule has 2 aromatic carbocycles. The van der Waals surface area contributed by atoms with Gasteiger partial charge in [-0.05, 0) is 36.5 Å². The van der Waals surface area contributed by atoms with Crippen molar-refractivity contribution < 1.29 is 31.1 Å². The number of allylic oxidation sites excluding steroid dienone is 1. The summed E-state index contributed by atoms with van der Waals surface area (Å²) in [6.07, 6.45) is 1.30. The van der Waals surface area contributed by atoms with E-state index in [2.05, 4.69) is 5.43 Å². The Morgan fingerprint density at radius 1 is 1.11 bits per heavy atom. The van der Waals surface area contributed by atoms with E-state index in [9.17, 15) is 26.4 Å². The van der Waals surface area contributed by atoms with Gasteiger partial charge in [0.05, 0.1) is 23.9 Å². The van der Waals surface area contributed by atoms with Crippen molar-refractivity contribution in [3.05, 3.63) is 65.4 Å². The molecule has 0 spiro atoms. The predicted molar refractivity (Wildman–Crippen MR) is 137 cm³/mol. The van der Waals surface area contributed by atoms with Crippen molar-refractivity contribution in [3.63, 3.8) is 0 Å². The Morgan fingerprint density at radius 2 is 1.76 bits per heavy atom. The first-order chi connectivity index (χ1) is 17.4. The van der Waals surface area contributed by atoms with Gasteiger partial charge in [0, 0.05) is 24.2 Å². The quantitative estimate of drug-likeness (QED) is 0.402. The number of hydrogen-bond acceptors (Lipinski definition) is 6. The first-order valence-electron chi connectivity index (χ1n) is 12.1. The van der Waals surface area contributed by atoms with Crippen LogP contribution < -0.4 is 10.1 Å². The number of hydrogen-bond donors (Lipinski definition) is 2. The standard InChI is InChI=1S/C26H32F3N3O4S/c1-5-15-32-22(23(25(33)36-6-2)24(30-32)17(3)4)16-18-11-13-19(14-12-18)20-9-7-8-10-21(20)31-37(34,35)26(27,28)29/h7-14,17,24,30-31H,5-6,15-16H2,1-4H3. The van der Waals surface area contributed by atoms with Crippen molar-refractivity contribution >= 4 is 21.7 Å². The smallest absolute Gasteiger partial charge is 0.463 e. The number of benzene rings is 2. The molecule has 0 fully saturated rings. The average Bonchev–Trinajstić information content (AvgIpc) is 3.18. The molecule has 2 N–H and O–H groups in total.